The maximum absolute atomic E-state index is 10.6. The Morgan fingerprint density at radius 1 is 1.50 bits per heavy atom. The number of aliphatic carboxylic acids is 1. The van der Waals surface area contributed by atoms with Gasteiger partial charge in [-0.05, 0) is 5.92 Å². The molecule has 0 aromatic carbocycles. The van der Waals surface area contributed by atoms with Gasteiger partial charge in [-0.3, -0.25) is 4.79 Å². The summed E-state index contributed by atoms with van der Waals surface area (Å²) < 4.78 is 7.01. The number of carboxylic acid groups (broad SMARTS) is 1. The summed E-state index contributed by atoms with van der Waals surface area (Å²) in [4.78, 5) is 10.6. The summed E-state index contributed by atoms with van der Waals surface area (Å²) in [6, 6.07) is 0. The molecule has 7 heteroatoms. The van der Waals surface area contributed by atoms with Gasteiger partial charge < -0.3 is 14.4 Å². The van der Waals surface area contributed by atoms with Crippen molar-refractivity contribution in [1.82, 2.24) is 14.8 Å². The number of ether oxygens (including phenoxy) is 1. The predicted molar refractivity (Wildman–Crippen MR) is 68.8 cm³/mol. The lowest BCUT2D eigenvalue weighted by atomic mass is 10.2. The van der Waals surface area contributed by atoms with E-state index >= 15 is 0 Å². The van der Waals surface area contributed by atoms with Gasteiger partial charge in [0, 0.05) is 20.1 Å². The van der Waals surface area contributed by atoms with E-state index in [2.05, 4.69) is 24.0 Å². The number of carbonyl (C=O) groups is 1. The van der Waals surface area contributed by atoms with Crippen LogP contribution in [0.15, 0.2) is 5.16 Å². The molecule has 0 fully saturated rings. The van der Waals surface area contributed by atoms with Crippen molar-refractivity contribution >= 4 is 17.7 Å². The van der Waals surface area contributed by atoms with Crippen LogP contribution < -0.4 is 0 Å². The quantitative estimate of drug-likeness (QED) is 0.719. The molecule has 1 aromatic rings. The minimum atomic E-state index is -0.850. The van der Waals surface area contributed by atoms with E-state index in [9.17, 15) is 4.79 Å². The van der Waals surface area contributed by atoms with Crippen LogP contribution in [0.5, 0.6) is 0 Å². The van der Waals surface area contributed by atoms with Gasteiger partial charge in [-0.15, -0.1) is 10.2 Å². The summed E-state index contributed by atoms with van der Waals surface area (Å²) >= 11 is 1.20. The fourth-order valence-corrected chi connectivity index (χ4v) is 2.17. The van der Waals surface area contributed by atoms with Crippen molar-refractivity contribution in [1.29, 1.82) is 0 Å². The summed E-state index contributed by atoms with van der Waals surface area (Å²) in [6.45, 7) is 5.57. The van der Waals surface area contributed by atoms with Crippen LogP contribution in [0.1, 0.15) is 19.7 Å². The minimum Gasteiger partial charge on any atom is -0.481 e. The normalized spacial score (nSPS) is 11.1. The SMILES string of the molecule is COCCc1nnc(SCC(=O)O)n1CC(C)C. The summed E-state index contributed by atoms with van der Waals surface area (Å²) in [7, 11) is 1.64. The molecule has 18 heavy (non-hydrogen) atoms. The summed E-state index contributed by atoms with van der Waals surface area (Å²) in [6.07, 6.45) is 0.684. The lowest BCUT2D eigenvalue weighted by Gasteiger charge is -2.11. The lowest BCUT2D eigenvalue weighted by molar-refractivity contribution is -0.133. The molecule has 102 valence electrons. The summed E-state index contributed by atoms with van der Waals surface area (Å²) in [5.74, 6) is 0.447. The number of hydrogen-bond acceptors (Lipinski definition) is 5. The lowest BCUT2D eigenvalue weighted by Crippen LogP contribution is -2.12. The van der Waals surface area contributed by atoms with Gasteiger partial charge in [-0.25, -0.2) is 0 Å². The zero-order valence-electron chi connectivity index (χ0n) is 10.9. The first-order chi connectivity index (χ1) is 8.54. The van der Waals surface area contributed by atoms with Gasteiger partial charge in [0.2, 0.25) is 0 Å². The maximum atomic E-state index is 10.6. The monoisotopic (exact) mass is 273 g/mol. The Labute approximate surface area is 111 Å². The maximum Gasteiger partial charge on any atom is 0.313 e. The van der Waals surface area contributed by atoms with Crippen molar-refractivity contribution in [3.63, 3.8) is 0 Å². The Balaban J connectivity index is 2.80. The Kier molecular flexibility index (Phi) is 6.14. The van der Waals surface area contributed by atoms with E-state index in [0.29, 0.717) is 24.1 Å². The van der Waals surface area contributed by atoms with Crippen LogP contribution in [0, 0.1) is 5.92 Å². The molecule has 0 saturated carbocycles. The van der Waals surface area contributed by atoms with E-state index in [1.54, 1.807) is 7.11 Å². The number of carboxylic acids is 1. The van der Waals surface area contributed by atoms with Crippen LogP contribution in [0.3, 0.4) is 0 Å². The second-order valence-electron chi connectivity index (χ2n) is 4.33. The summed E-state index contributed by atoms with van der Waals surface area (Å²) in [5, 5.41) is 17.5. The van der Waals surface area contributed by atoms with Crippen LogP contribution >= 0.6 is 11.8 Å². The number of aromatic nitrogens is 3. The first-order valence-electron chi connectivity index (χ1n) is 5.80. The topological polar surface area (TPSA) is 77.2 Å². The number of rotatable bonds is 8. The van der Waals surface area contributed by atoms with Crippen molar-refractivity contribution in [2.75, 3.05) is 19.5 Å². The van der Waals surface area contributed by atoms with Crippen LogP contribution in [-0.2, 0) is 22.5 Å². The highest BCUT2D eigenvalue weighted by Gasteiger charge is 2.14. The number of thioether (sulfide) groups is 1. The first-order valence-corrected chi connectivity index (χ1v) is 6.78. The zero-order valence-corrected chi connectivity index (χ0v) is 11.7. The van der Waals surface area contributed by atoms with E-state index in [4.69, 9.17) is 9.84 Å². The van der Waals surface area contributed by atoms with Crippen LogP contribution in [0.2, 0.25) is 0 Å². The van der Waals surface area contributed by atoms with Gasteiger partial charge in [-0.2, -0.15) is 0 Å². The molecule has 1 N–H and O–H groups in total. The third-order valence-electron chi connectivity index (χ3n) is 2.20. The van der Waals surface area contributed by atoms with Crippen LogP contribution in [0.25, 0.3) is 0 Å². The van der Waals surface area contributed by atoms with Crippen molar-refractivity contribution in [3.8, 4) is 0 Å². The third-order valence-corrected chi connectivity index (χ3v) is 3.15. The average molecular weight is 273 g/mol. The molecule has 0 aliphatic carbocycles. The highest BCUT2D eigenvalue weighted by molar-refractivity contribution is 7.99. The molecule has 0 atom stereocenters. The highest BCUT2D eigenvalue weighted by atomic mass is 32.2. The Morgan fingerprint density at radius 3 is 2.78 bits per heavy atom. The molecule has 1 aromatic heterocycles. The molecule has 0 unspecified atom stereocenters. The van der Waals surface area contributed by atoms with Gasteiger partial charge in [0.05, 0.1) is 12.4 Å². The predicted octanol–water partition coefficient (Wildman–Crippen LogP) is 1.30. The van der Waals surface area contributed by atoms with E-state index in [-0.39, 0.29) is 5.75 Å². The van der Waals surface area contributed by atoms with Gasteiger partial charge in [0.1, 0.15) is 5.82 Å². The first kappa shape index (κ1) is 15.0. The Bertz CT molecular complexity index is 393. The number of nitrogens with zero attached hydrogens (tertiary/aromatic N) is 3. The Morgan fingerprint density at radius 2 is 2.22 bits per heavy atom. The van der Waals surface area contributed by atoms with Gasteiger partial charge >= 0.3 is 5.97 Å². The smallest absolute Gasteiger partial charge is 0.313 e. The van der Waals surface area contributed by atoms with E-state index in [1.807, 2.05) is 4.57 Å². The molecule has 1 rings (SSSR count). The van der Waals surface area contributed by atoms with Crippen molar-refractivity contribution < 1.29 is 14.6 Å². The number of methoxy groups -OCH3 is 1. The summed E-state index contributed by atoms with van der Waals surface area (Å²) in [5.41, 5.74) is 0. The van der Waals surface area contributed by atoms with E-state index < -0.39 is 5.97 Å². The van der Waals surface area contributed by atoms with Crippen molar-refractivity contribution in [3.05, 3.63) is 5.82 Å². The fraction of sp³-hybridized carbons (Fsp3) is 0.727. The molecule has 1 heterocycles. The minimum absolute atomic E-state index is 0.000502. The van der Waals surface area contributed by atoms with Crippen LogP contribution in [0.4, 0.5) is 0 Å². The van der Waals surface area contributed by atoms with Gasteiger partial charge in [0.15, 0.2) is 5.16 Å². The molecule has 0 amide bonds. The molecule has 0 radical (unpaired) electrons. The second-order valence-corrected chi connectivity index (χ2v) is 5.27. The number of hydrogen-bond donors (Lipinski definition) is 1. The van der Waals surface area contributed by atoms with Gasteiger partial charge in [0.25, 0.3) is 0 Å². The average Bonchev–Trinajstić information content (AvgIpc) is 2.65. The van der Waals surface area contributed by atoms with Crippen molar-refractivity contribution in [2.45, 2.75) is 32.0 Å². The third kappa shape index (κ3) is 4.66. The largest absolute Gasteiger partial charge is 0.481 e. The second kappa shape index (κ2) is 7.38. The van der Waals surface area contributed by atoms with E-state index in [0.717, 1.165) is 12.4 Å². The fourth-order valence-electron chi connectivity index (χ4n) is 1.48. The molecule has 0 spiro atoms. The highest BCUT2D eigenvalue weighted by Crippen LogP contribution is 2.18. The molecule has 0 saturated heterocycles. The molecule has 0 aliphatic rings. The van der Waals surface area contributed by atoms with Crippen molar-refractivity contribution in [2.24, 2.45) is 5.92 Å². The Hall–Kier alpha value is -1.08. The molecular weight excluding hydrogens is 254 g/mol. The zero-order chi connectivity index (χ0) is 13.5. The molecule has 0 bridgehead atoms. The molecule has 0 aliphatic heterocycles. The van der Waals surface area contributed by atoms with E-state index in [1.165, 1.54) is 11.8 Å². The standard InChI is InChI=1S/C11H19N3O3S/c1-8(2)6-14-9(4-5-17-3)12-13-11(14)18-7-10(15)16/h8H,4-7H2,1-3H3,(H,15,16). The molecular formula is C11H19N3O3S. The van der Waals surface area contributed by atoms with Gasteiger partial charge in [-0.1, -0.05) is 25.6 Å². The molecule has 6 nitrogen and oxygen atoms in total. The van der Waals surface area contributed by atoms with Crippen LogP contribution in [-0.4, -0.2) is 45.3 Å².